The van der Waals surface area contributed by atoms with E-state index in [1.54, 1.807) is 0 Å². The van der Waals surface area contributed by atoms with Crippen LogP contribution < -0.4 is 0 Å². The van der Waals surface area contributed by atoms with Gasteiger partial charge in [0.1, 0.15) is 12.6 Å². The van der Waals surface area contributed by atoms with Crippen LogP contribution in [0.1, 0.15) is 12.0 Å². The molecule has 1 aliphatic rings. The number of aliphatic hydroxyl groups excluding tert-OH is 1. The highest BCUT2D eigenvalue weighted by atomic mass is 16.6. The molecule has 0 saturated carbocycles. The topological polar surface area (TPSA) is 130 Å². The number of hydrogen-bond acceptors (Lipinski definition) is 6. The minimum atomic E-state index is -1.20. The first-order valence-electron chi connectivity index (χ1n) is 6.46. The van der Waals surface area contributed by atoms with Crippen molar-refractivity contribution >= 4 is 17.7 Å². The van der Waals surface area contributed by atoms with Gasteiger partial charge in [0.05, 0.1) is 17.6 Å². The van der Waals surface area contributed by atoms with Gasteiger partial charge >= 0.3 is 12.1 Å². The quantitative estimate of drug-likeness (QED) is 0.619. The summed E-state index contributed by atoms with van der Waals surface area (Å²) in [7, 11) is 0. The van der Waals surface area contributed by atoms with Crippen LogP contribution in [0.2, 0.25) is 0 Å². The third-order valence-corrected chi connectivity index (χ3v) is 3.31. The Morgan fingerprint density at radius 1 is 1.36 bits per heavy atom. The maximum absolute atomic E-state index is 11.9. The van der Waals surface area contributed by atoms with Crippen LogP contribution in [0.5, 0.6) is 0 Å². The summed E-state index contributed by atoms with van der Waals surface area (Å²) in [6, 6.07) is 4.34. The van der Waals surface area contributed by atoms with Crippen molar-refractivity contribution in [3.8, 4) is 0 Å². The van der Waals surface area contributed by atoms with Crippen LogP contribution in [-0.4, -0.2) is 50.8 Å². The number of nitro groups is 1. The second kappa shape index (κ2) is 6.39. The maximum atomic E-state index is 11.9. The molecule has 22 heavy (non-hydrogen) atoms. The number of rotatable bonds is 4. The zero-order valence-electron chi connectivity index (χ0n) is 11.4. The van der Waals surface area contributed by atoms with Crippen LogP contribution in [0.3, 0.4) is 0 Å². The Balaban J connectivity index is 1.94. The first-order chi connectivity index (χ1) is 10.4. The lowest BCUT2D eigenvalue weighted by atomic mass is 10.2. The predicted molar refractivity (Wildman–Crippen MR) is 72.0 cm³/mol. The number of aliphatic hydroxyl groups is 1. The van der Waals surface area contributed by atoms with Gasteiger partial charge in [-0.3, -0.25) is 15.0 Å². The number of nitrogens with zero attached hydrogens (tertiary/aromatic N) is 2. The smallest absolute Gasteiger partial charge is 0.410 e. The molecule has 0 spiro atoms. The molecule has 0 bridgehead atoms. The lowest BCUT2D eigenvalue weighted by Gasteiger charge is -2.20. The third kappa shape index (κ3) is 3.50. The largest absolute Gasteiger partial charge is 0.480 e. The molecule has 118 valence electrons. The summed E-state index contributed by atoms with van der Waals surface area (Å²) in [5.74, 6) is -1.20. The van der Waals surface area contributed by atoms with Crippen molar-refractivity contribution in [3.63, 3.8) is 0 Å². The molecule has 0 unspecified atom stereocenters. The summed E-state index contributed by atoms with van der Waals surface area (Å²) >= 11 is 0. The molecule has 1 amide bonds. The van der Waals surface area contributed by atoms with E-state index in [0.717, 1.165) is 4.90 Å². The second-order valence-electron chi connectivity index (χ2n) is 4.87. The van der Waals surface area contributed by atoms with Crippen molar-refractivity contribution in [1.29, 1.82) is 0 Å². The zero-order valence-corrected chi connectivity index (χ0v) is 11.4. The molecule has 9 heteroatoms. The van der Waals surface area contributed by atoms with Gasteiger partial charge < -0.3 is 14.9 Å². The average Bonchev–Trinajstić information content (AvgIpc) is 2.87. The zero-order chi connectivity index (χ0) is 16.3. The van der Waals surface area contributed by atoms with Gasteiger partial charge in [-0.1, -0.05) is 0 Å². The van der Waals surface area contributed by atoms with Gasteiger partial charge in [-0.15, -0.1) is 0 Å². The van der Waals surface area contributed by atoms with E-state index in [1.165, 1.54) is 24.3 Å². The molecule has 1 aliphatic heterocycles. The number of carboxylic acids is 1. The van der Waals surface area contributed by atoms with Crippen LogP contribution in [-0.2, 0) is 16.1 Å². The van der Waals surface area contributed by atoms with E-state index in [9.17, 15) is 24.8 Å². The number of non-ortho nitro benzene ring substituents is 1. The number of benzene rings is 1. The van der Waals surface area contributed by atoms with Crippen LogP contribution in [0, 0.1) is 10.1 Å². The molecule has 1 heterocycles. The highest BCUT2D eigenvalue weighted by molar-refractivity contribution is 5.80. The number of amides is 1. The highest BCUT2D eigenvalue weighted by Gasteiger charge is 2.39. The number of β-amino-alcohol motifs (C(OH)–C–C–N with tert-alkyl or cyclic N) is 1. The summed E-state index contributed by atoms with van der Waals surface area (Å²) < 4.78 is 4.98. The van der Waals surface area contributed by atoms with Crippen molar-refractivity contribution in [3.05, 3.63) is 39.9 Å². The fourth-order valence-corrected chi connectivity index (χ4v) is 2.19. The first kappa shape index (κ1) is 15.7. The van der Waals surface area contributed by atoms with Gasteiger partial charge in [0.2, 0.25) is 0 Å². The van der Waals surface area contributed by atoms with E-state index >= 15 is 0 Å². The summed E-state index contributed by atoms with van der Waals surface area (Å²) in [6.07, 6.45) is -1.78. The van der Waals surface area contributed by atoms with Crippen molar-refractivity contribution in [2.75, 3.05) is 6.54 Å². The molecule has 1 aromatic rings. The average molecular weight is 310 g/mol. The van der Waals surface area contributed by atoms with Crippen molar-refractivity contribution in [1.82, 2.24) is 4.90 Å². The van der Waals surface area contributed by atoms with E-state index < -0.39 is 29.1 Å². The Kier molecular flexibility index (Phi) is 4.56. The predicted octanol–water partition coefficient (Wildman–Crippen LogP) is 0.751. The molecule has 2 atom stereocenters. The van der Waals surface area contributed by atoms with Gasteiger partial charge in [-0.05, 0) is 17.7 Å². The monoisotopic (exact) mass is 310 g/mol. The Labute approximate surface area is 124 Å². The lowest BCUT2D eigenvalue weighted by Crippen LogP contribution is -2.40. The van der Waals surface area contributed by atoms with Crippen molar-refractivity contribution < 1.29 is 29.5 Å². The number of nitro benzene ring substituents is 1. The lowest BCUT2D eigenvalue weighted by molar-refractivity contribution is -0.384. The number of likely N-dealkylation sites (tertiary alicyclic amines) is 1. The van der Waals surface area contributed by atoms with E-state index in [0.29, 0.717) is 5.56 Å². The van der Waals surface area contributed by atoms with Crippen LogP contribution in [0.25, 0.3) is 0 Å². The van der Waals surface area contributed by atoms with Gasteiger partial charge in [-0.2, -0.15) is 0 Å². The molecule has 0 aromatic heterocycles. The number of aliphatic carboxylic acids is 1. The first-order valence-corrected chi connectivity index (χ1v) is 6.46. The molecule has 1 saturated heterocycles. The number of carbonyl (C=O) groups is 2. The molecular formula is C13H14N2O7. The minimum Gasteiger partial charge on any atom is -0.480 e. The van der Waals surface area contributed by atoms with Crippen LogP contribution >= 0.6 is 0 Å². The molecule has 2 N–H and O–H groups in total. The van der Waals surface area contributed by atoms with Gasteiger partial charge in [0.15, 0.2) is 0 Å². The number of ether oxygens (including phenoxy) is 1. The fourth-order valence-electron chi connectivity index (χ4n) is 2.19. The standard InChI is InChI=1S/C13H14N2O7/c16-10-5-11(12(17)18)14(6-10)13(19)22-7-8-1-3-9(4-2-8)15(20)21/h1-4,10-11,16H,5-7H2,(H,17,18)/t10-,11+/m0/s1. The molecule has 0 aliphatic carbocycles. The SMILES string of the molecule is O=C(O)[C@H]1C[C@H](O)CN1C(=O)OCc1ccc([N+](=O)[O-])cc1. The Hall–Kier alpha value is -2.68. The number of carboxylic acid groups (broad SMARTS) is 1. The molecule has 1 fully saturated rings. The van der Waals surface area contributed by atoms with Crippen molar-refractivity contribution in [2.45, 2.75) is 25.2 Å². The van der Waals surface area contributed by atoms with Gasteiger partial charge in [0, 0.05) is 18.6 Å². The van der Waals surface area contributed by atoms with E-state index in [-0.39, 0.29) is 25.3 Å². The highest BCUT2D eigenvalue weighted by Crippen LogP contribution is 2.20. The van der Waals surface area contributed by atoms with Gasteiger partial charge in [0.25, 0.3) is 5.69 Å². The summed E-state index contributed by atoms with van der Waals surface area (Å²) in [5.41, 5.74) is 0.453. The normalized spacial score (nSPS) is 20.7. The van der Waals surface area contributed by atoms with E-state index in [4.69, 9.17) is 9.84 Å². The molecular weight excluding hydrogens is 296 g/mol. The minimum absolute atomic E-state index is 0.0397. The van der Waals surface area contributed by atoms with E-state index in [1.807, 2.05) is 0 Å². The molecule has 9 nitrogen and oxygen atoms in total. The molecule has 2 rings (SSSR count). The van der Waals surface area contributed by atoms with E-state index in [2.05, 4.69) is 0 Å². The molecule has 0 radical (unpaired) electrons. The fraction of sp³-hybridized carbons (Fsp3) is 0.385. The summed E-state index contributed by atoms with van der Waals surface area (Å²) in [5, 5.41) is 29.0. The van der Waals surface area contributed by atoms with Crippen LogP contribution in [0.15, 0.2) is 24.3 Å². The summed E-state index contributed by atoms with van der Waals surface area (Å²) in [6.45, 7) is -0.244. The Morgan fingerprint density at radius 2 is 2.00 bits per heavy atom. The Bertz CT molecular complexity index is 587. The number of hydrogen-bond donors (Lipinski definition) is 2. The Morgan fingerprint density at radius 3 is 2.55 bits per heavy atom. The van der Waals surface area contributed by atoms with Gasteiger partial charge in [-0.25, -0.2) is 9.59 Å². The summed E-state index contributed by atoms with van der Waals surface area (Å²) in [4.78, 5) is 33.8. The molecule has 1 aromatic carbocycles. The third-order valence-electron chi connectivity index (χ3n) is 3.31. The van der Waals surface area contributed by atoms with Crippen molar-refractivity contribution in [2.24, 2.45) is 0 Å². The second-order valence-corrected chi connectivity index (χ2v) is 4.87. The number of carbonyl (C=O) groups excluding carboxylic acids is 1. The van der Waals surface area contributed by atoms with Crippen LogP contribution in [0.4, 0.5) is 10.5 Å². The maximum Gasteiger partial charge on any atom is 0.410 e.